The Morgan fingerprint density at radius 2 is 1.90 bits per heavy atom. The van der Waals surface area contributed by atoms with Gasteiger partial charge >= 0.3 is 0 Å². The minimum Gasteiger partial charge on any atom is -0.492 e. The van der Waals surface area contributed by atoms with Crippen molar-refractivity contribution in [3.8, 4) is 17.1 Å². The largest absolute Gasteiger partial charge is 0.492 e. The Balaban J connectivity index is 1.63. The summed E-state index contributed by atoms with van der Waals surface area (Å²) in [5.41, 5.74) is 2.59. The summed E-state index contributed by atoms with van der Waals surface area (Å²) < 4.78 is 10.6. The topological polar surface area (TPSA) is 77.2 Å². The second-order valence-corrected chi connectivity index (χ2v) is 8.01. The molecule has 0 aliphatic carbocycles. The smallest absolute Gasteiger partial charge is 0.251 e. The zero-order chi connectivity index (χ0) is 21.0. The first-order valence-electron chi connectivity index (χ1n) is 9.42. The van der Waals surface area contributed by atoms with Crippen LogP contribution in [-0.4, -0.2) is 22.7 Å². The molecule has 1 aromatic heterocycles. The molecule has 0 saturated heterocycles. The molecule has 7 heteroatoms. The van der Waals surface area contributed by atoms with Crippen LogP contribution in [0.1, 0.15) is 49.5 Å². The Bertz CT molecular complexity index is 991. The molecular formula is C22H24ClN3O3. The molecule has 1 N–H and O–H groups in total. The summed E-state index contributed by atoms with van der Waals surface area (Å²) in [5, 5.41) is 7.14. The van der Waals surface area contributed by atoms with Crippen molar-refractivity contribution >= 4 is 17.5 Å². The van der Waals surface area contributed by atoms with E-state index < -0.39 is 0 Å². The van der Waals surface area contributed by atoms with Gasteiger partial charge in [0.25, 0.3) is 5.91 Å². The van der Waals surface area contributed by atoms with Crippen molar-refractivity contribution in [2.24, 2.45) is 0 Å². The lowest BCUT2D eigenvalue weighted by molar-refractivity contribution is 0.0946. The fourth-order valence-corrected chi connectivity index (χ4v) is 2.97. The molecule has 0 spiro atoms. The summed E-state index contributed by atoms with van der Waals surface area (Å²) in [6.07, 6.45) is 0. The van der Waals surface area contributed by atoms with Gasteiger partial charge in [-0.25, -0.2) is 0 Å². The minimum atomic E-state index is -0.288. The predicted octanol–water partition coefficient (Wildman–Crippen LogP) is 5.02. The second kappa shape index (κ2) is 8.66. The van der Waals surface area contributed by atoms with E-state index in [4.69, 9.17) is 20.9 Å². The lowest BCUT2D eigenvalue weighted by Gasteiger charge is -2.18. The Morgan fingerprint density at radius 3 is 2.52 bits per heavy atom. The molecule has 152 valence electrons. The van der Waals surface area contributed by atoms with Crippen LogP contribution in [0.4, 0.5) is 0 Å². The number of hydrogen-bond donors (Lipinski definition) is 1. The molecule has 29 heavy (non-hydrogen) atoms. The number of carbonyl (C=O) groups is 1. The van der Waals surface area contributed by atoms with E-state index in [0.717, 1.165) is 5.56 Å². The second-order valence-electron chi connectivity index (χ2n) is 7.60. The van der Waals surface area contributed by atoms with Gasteiger partial charge in [-0.2, -0.15) is 4.98 Å². The van der Waals surface area contributed by atoms with Crippen molar-refractivity contribution in [1.82, 2.24) is 15.5 Å². The zero-order valence-electron chi connectivity index (χ0n) is 17.0. The molecule has 0 atom stereocenters. The van der Waals surface area contributed by atoms with Crippen LogP contribution in [0.3, 0.4) is 0 Å². The number of nitrogens with zero attached hydrogens (tertiary/aromatic N) is 2. The molecule has 0 aliphatic rings. The van der Waals surface area contributed by atoms with E-state index >= 15 is 0 Å². The number of benzene rings is 2. The lowest BCUT2D eigenvalue weighted by atomic mass is 9.87. The monoisotopic (exact) mass is 413 g/mol. The van der Waals surface area contributed by atoms with Crippen LogP contribution in [0.2, 0.25) is 5.02 Å². The van der Waals surface area contributed by atoms with Crippen LogP contribution in [0, 0.1) is 0 Å². The summed E-state index contributed by atoms with van der Waals surface area (Å²) in [6.45, 7) is 8.98. The van der Waals surface area contributed by atoms with E-state index in [9.17, 15) is 4.79 Å². The predicted molar refractivity (Wildman–Crippen MR) is 112 cm³/mol. The van der Waals surface area contributed by atoms with E-state index in [2.05, 4.69) is 48.4 Å². The van der Waals surface area contributed by atoms with Crippen molar-refractivity contribution in [3.05, 3.63) is 64.5 Å². The lowest BCUT2D eigenvalue weighted by Crippen LogP contribution is -2.22. The third kappa shape index (κ3) is 5.15. The van der Waals surface area contributed by atoms with Crippen molar-refractivity contribution in [1.29, 1.82) is 0 Å². The minimum absolute atomic E-state index is 0.0784. The first kappa shape index (κ1) is 20.9. The van der Waals surface area contributed by atoms with Crippen molar-refractivity contribution in [2.75, 3.05) is 6.61 Å². The number of amides is 1. The quantitative estimate of drug-likeness (QED) is 0.614. The fourth-order valence-electron chi connectivity index (χ4n) is 2.74. The molecule has 0 saturated carbocycles. The Hall–Kier alpha value is -2.86. The first-order valence-corrected chi connectivity index (χ1v) is 9.80. The third-order valence-corrected chi connectivity index (χ3v) is 4.67. The van der Waals surface area contributed by atoms with Gasteiger partial charge in [-0.05, 0) is 36.1 Å². The van der Waals surface area contributed by atoms with Crippen molar-refractivity contribution in [3.63, 3.8) is 0 Å². The third-order valence-electron chi connectivity index (χ3n) is 4.37. The summed E-state index contributed by atoms with van der Waals surface area (Å²) in [4.78, 5) is 16.7. The van der Waals surface area contributed by atoms with E-state index in [1.54, 1.807) is 18.2 Å². The molecule has 0 aliphatic heterocycles. The standard InChI is InChI=1S/C22H24ClN3O3/c1-5-28-18-11-8-15(12-17(18)23)21(27)24-13-19-25-20(26-29-19)14-6-9-16(10-7-14)22(2,3)4/h6-12H,5,13H2,1-4H3,(H,24,27). The molecule has 3 aromatic rings. The molecule has 0 radical (unpaired) electrons. The van der Waals surface area contributed by atoms with Crippen LogP contribution >= 0.6 is 11.6 Å². The van der Waals surface area contributed by atoms with Crippen molar-refractivity contribution in [2.45, 2.75) is 39.7 Å². The highest BCUT2D eigenvalue weighted by molar-refractivity contribution is 6.32. The normalized spacial score (nSPS) is 11.3. The van der Waals surface area contributed by atoms with Gasteiger partial charge in [0.2, 0.25) is 11.7 Å². The number of aromatic nitrogens is 2. The van der Waals surface area contributed by atoms with Gasteiger partial charge in [-0.3, -0.25) is 4.79 Å². The molecule has 1 amide bonds. The van der Waals surface area contributed by atoms with Gasteiger partial charge in [-0.15, -0.1) is 0 Å². The molecule has 6 nitrogen and oxygen atoms in total. The summed E-state index contributed by atoms with van der Waals surface area (Å²) in [6, 6.07) is 12.9. The highest BCUT2D eigenvalue weighted by Gasteiger charge is 2.15. The van der Waals surface area contributed by atoms with Crippen LogP contribution in [0.15, 0.2) is 47.0 Å². The van der Waals surface area contributed by atoms with Gasteiger partial charge < -0.3 is 14.6 Å². The van der Waals surface area contributed by atoms with Gasteiger partial charge in [0.1, 0.15) is 5.75 Å². The average molecular weight is 414 g/mol. The van der Waals surface area contributed by atoms with Gasteiger partial charge in [0, 0.05) is 11.1 Å². The molecular weight excluding hydrogens is 390 g/mol. The molecule has 3 rings (SSSR count). The number of ether oxygens (including phenoxy) is 1. The summed E-state index contributed by atoms with van der Waals surface area (Å²) in [5.74, 6) is 1.07. The maximum absolute atomic E-state index is 12.3. The summed E-state index contributed by atoms with van der Waals surface area (Å²) >= 11 is 6.13. The number of hydrogen-bond acceptors (Lipinski definition) is 5. The van der Waals surface area contributed by atoms with E-state index in [0.29, 0.717) is 34.7 Å². The van der Waals surface area contributed by atoms with E-state index in [-0.39, 0.29) is 17.9 Å². The van der Waals surface area contributed by atoms with Gasteiger partial charge in [0.05, 0.1) is 18.2 Å². The van der Waals surface area contributed by atoms with Gasteiger partial charge in [0.15, 0.2) is 0 Å². The van der Waals surface area contributed by atoms with Gasteiger partial charge in [-0.1, -0.05) is 61.8 Å². The van der Waals surface area contributed by atoms with Crippen LogP contribution in [-0.2, 0) is 12.0 Å². The number of rotatable bonds is 6. The molecule has 0 fully saturated rings. The molecule has 0 bridgehead atoms. The molecule has 0 unspecified atom stereocenters. The first-order chi connectivity index (χ1) is 13.8. The zero-order valence-corrected chi connectivity index (χ0v) is 17.7. The Kier molecular flexibility index (Phi) is 6.23. The highest BCUT2D eigenvalue weighted by atomic mass is 35.5. The molecule has 2 aromatic carbocycles. The highest BCUT2D eigenvalue weighted by Crippen LogP contribution is 2.26. The average Bonchev–Trinajstić information content (AvgIpc) is 3.16. The number of nitrogens with one attached hydrogen (secondary N) is 1. The maximum atomic E-state index is 12.3. The molecule has 1 heterocycles. The van der Waals surface area contributed by atoms with Crippen LogP contribution in [0.25, 0.3) is 11.4 Å². The van der Waals surface area contributed by atoms with Crippen LogP contribution in [0.5, 0.6) is 5.75 Å². The summed E-state index contributed by atoms with van der Waals surface area (Å²) in [7, 11) is 0. The fraction of sp³-hybridized carbons (Fsp3) is 0.318. The Labute approximate surface area is 175 Å². The maximum Gasteiger partial charge on any atom is 0.251 e. The van der Waals surface area contributed by atoms with Crippen molar-refractivity contribution < 1.29 is 14.1 Å². The number of halogens is 1. The van der Waals surface area contributed by atoms with Crippen LogP contribution < -0.4 is 10.1 Å². The Morgan fingerprint density at radius 1 is 1.17 bits per heavy atom. The SMILES string of the molecule is CCOc1ccc(C(=O)NCc2nc(-c3ccc(C(C)(C)C)cc3)no2)cc1Cl. The number of carbonyl (C=O) groups excluding carboxylic acids is 1. The van der Waals surface area contributed by atoms with E-state index in [1.807, 2.05) is 19.1 Å². The van der Waals surface area contributed by atoms with E-state index in [1.165, 1.54) is 5.56 Å².